The number of rotatable bonds is 7. The van der Waals surface area contributed by atoms with Crippen LogP contribution in [0.25, 0.3) is 0 Å². The number of benzene rings is 2. The fraction of sp³-hybridized carbons (Fsp3) is 0.318. The van der Waals surface area contributed by atoms with Crippen LogP contribution in [-0.2, 0) is 16.1 Å². The number of hydrogen-bond donors (Lipinski definition) is 1. The summed E-state index contributed by atoms with van der Waals surface area (Å²) in [7, 11) is 0. The first-order valence-corrected chi connectivity index (χ1v) is 9.39. The maximum Gasteiger partial charge on any atom is 0.261 e. The number of amides is 2. The van der Waals surface area contributed by atoms with E-state index in [4.69, 9.17) is 4.74 Å². The minimum atomic E-state index is -0.662. The Hall–Kier alpha value is -3.15. The molecule has 1 unspecified atom stereocenters. The van der Waals surface area contributed by atoms with Crippen LogP contribution in [0.4, 0.5) is 5.69 Å². The summed E-state index contributed by atoms with van der Waals surface area (Å²) >= 11 is 0. The summed E-state index contributed by atoms with van der Waals surface area (Å²) in [5.74, 6) is 0.447. The van der Waals surface area contributed by atoms with E-state index >= 15 is 0 Å². The average Bonchev–Trinajstić information content (AvgIpc) is 3.12. The van der Waals surface area contributed by atoms with E-state index in [0.29, 0.717) is 24.3 Å². The van der Waals surface area contributed by atoms with E-state index in [1.54, 1.807) is 36.1 Å². The predicted molar refractivity (Wildman–Crippen MR) is 106 cm³/mol. The van der Waals surface area contributed by atoms with Crippen LogP contribution in [-0.4, -0.2) is 30.2 Å². The number of Topliss-reactive ketones (excluding diaryl/α,β-unsaturated/α-hetero) is 1. The molecule has 28 heavy (non-hydrogen) atoms. The van der Waals surface area contributed by atoms with Crippen molar-refractivity contribution in [3.63, 3.8) is 0 Å². The van der Waals surface area contributed by atoms with Crippen LogP contribution >= 0.6 is 0 Å². The third kappa shape index (κ3) is 4.76. The highest BCUT2D eigenvalue weighted by Crippen LogP contribution is 2.21. The van der Waals surface area contributed by atoms with Gasteiger partial charge in [-0.05, 0) is 62.2 Å². The molecule has 1 aliphatic rings. The van der Waals surface area contributed by atoms with Crippen LogP contribution in [0.5, 0.6) is 5.75 Å². The summed E-state index contributed by atoms with van der Waals surface area (Å²) < 4.78 is 5.63. The van der Waals surface area contributed by atoms with Gasteiger partial charge in [-0.2, -0.15) is 0 Å². The van der Waals surface area contributed by atoms with E-state index in [1.807, 2.05) is 24.3 Å². The molecule has 0 aliphatic carbocycles. The summed E-state index contributed by atoms with van der Waals surface area (Å²) in [6.45, 7) is 4.32. The maximum atomic E-state index is 12.3. The molecule has 1 saturated heterocycles. The molecule has 0 spiro atoms. The molecule has 0 radical (unpaired) electrons. The third-order valence-corrected chi connectivity index (χ3v) is 4.73. The van der Waals surface area contributed by atoms with Crippen LogP contribution in [0.3, 0.4) is 0 Å². The van der Waals surface area contributed by atoms with Crippen molar-refractivity contribution in [1.82, 2.24) is 5.32 Å². The first-order valence-electron chi connectivity index (χ1n) is 9.39. The Balaban J connectivity index is 1.50. The van der Waals surface area contributed by atoms with Gasteiger partial charge in [0.25, 0.3) is 5.91 Å². The Kier molecular flexibility index (Phi) is 6.09. The predicted octanol–water partition coefficient (Wildman–Crippen LogP) is 3.10. The van der Waals surface area contributed by atoms with Crippen LogP contribution in [0.1, 0.15) is 42.6 Å². The van der Waals surface area contributed by atoms with Gasteiger partial charge in [0.2, 0.25) is 5.91 Å². The van der Waals surface area contributed by atoms with E-state index in [9.17, 15) is 14.4 Å². The number of anilines is 1. The van der Waals surface area contributed by atoms with Crippen LogP contribution in [0.2, 0.25) is 0 Å². The van der Waals surface area contributed by atoms with Gasteiger partial charge in [-0.15, -0.1) is 0 Å². The normalized spacial score (nSPS) is 14.6. The minimum Gasteiger partial charge on any atom is -0.481 e. The topological polar surface area (TPSA) is 75.7 Å². The lowest BCUT2D eigenvalue weighted by molar-refractivity contribution is -0.127. The Labute approximate surface area is 164 Å². The van der Waals surface area contributed by atoms with E-state index in [2.05, 4.69) is 5.32 Å². The molecule has 2 aromatic rings. The first kappa shape index (κ1) is 19.6. The zero-order chi connectivity index (χ0) is 20.1. The number of carbonyl (C=O) groups is 3. The molecule has 0 saturated carbocycles. The third-order valence-electron chi connectivity index (χ3n) is 4.73. The Bertz CT molecular complexity index is 859. The molecule has 2 amide bonds. The van der Waals surface area contributed by atoms with Crippen LogP contribution in [0, 0.1) is 0 Å². The highest BCUT2D eigenvalue weighted by atomic mass is 16.5. The number of hydrogen-bond acceptors (Lipinski definition) is 4. The zero-order valence-electron chi connectivity index (χ0n) is 16.1. The second-order valence-electron chi connectivity index (χ2n) is 6.87. The number of nitrogens with one attached hydrogen (secondary N) is 1. The molecule has 1 N–H and O–H groups in total. The molecule has 0 aromatic heterocycles. The molecule has 1 atom stereocenters. The van der Waals surface area contributed by atoms with Gasteiger partial charge in [-0.3, -0.25) is 14.4 Å². The fourth-order valence-electron chi connectivity index (χ4n) is 3.07. The highest BCUT2D eigenvalue weighted by Gasteiger charge is 2.21. The van der Waals surface area contributed by atoms with Gasteiger partial charge in [0.05, 0.1) is 0 Å². The largest absolute Gasteiger partial charge is 0.481 e. The standard InChI is InChI=1S/C22H24N2O4/c1-15(25)18-7-11-20(12-8-18)28-16(2)22(27)23-14-17-5-9-19(10-6-17)24-13-3-4-21(24)26/h5-12,16H,3-4,13-14H2,1-2H3,(H,23,27). The second-order valence-corrected chi connectivity index (χ2v) is 6.87. The highest BCUT2D eigenvalue weighted by molar-refractivity contribution is 5.95. The van der Waals surface area contributed by atoms with Gasteiger partial charge in [0, 0.05) is 30.8 Å². The van der Waals surface area contributed by atoms with Gasteiger partial charge < -0.3 is 15.0 Å². The SMILES string of the molecule is CC(=O)c1ccc(OC(C)C(=O)NCc2ccc(N3CCCC3=O)cc2)cc1. The fourth-order valence-corrected chi connectivity index (χ4v) is 3.07. The molecule has 6 heteroatoms. The van der Waals surface area contributed by atoms with Crippen molar-refractivity contribution in [2.75, 3.05) is 11.4 Å². The monoisotopic (exact) mass is 380 g/mol. The summed E-state index contributed by atoms with van der Waals surface area (Å²) in [5.41, 5.74) is 2.44. The van der Waals surface area contributed by atoms with Gasteiger partial charge in [-0.25, -0.2) is 0 Å². The van der Waals surface area contributed by atoms with Crippen molar-refractivity contribution in [2.45, 2.75) is 39.3 Å². The lowest BCUT2D eigenvalue weighted by Gasteiger charge is -2.17. The van der Waals surface area contributed by atoms with Gasteiger partial charge in [0.1, 0.15) is 5.75 Å². The Morgan fingerprint density at radius 1 is 1.11 bits per heavy atom. The molecule has 146 valence electrons. The quantitative estimate of drug-likeness (QED) is 0.749. The molecule has 2 aromatic carbocycles. The van der Waals surface area contributed by atoms with Crippen LogP contribution in [0.15, 0.2) is 48.5 Å². The summed E-state index contributed by atoms with van der Waals surface area (Å²) in [5, 5.41) is 2.85. The summed E-state index contributed by atoms with van der Waals surface area (Å²) in [6.07, 6.45) is 0.837. The molecular formula is C22H24N2O4. The maximum absolute atomic E-state index is 12.3. The molecule has 1 heterocycles. The van der Waals surface area contributed by atoms with Crippen molar-refractivity contribution < 1.29 is 19.1 Å². The number of ketones is 1. The number of ether oxygens (including phenoxy) is 1. The van der Waals surface area contributed by atoms with Crippen molar-refractivity contribution in [3.05, 3.63) is 59.7 Å². The smallest absolute Gasteiger partial charge is 0.261 e. The van der Waals surface area contributed by atoms with Crippen molar-refractivity contribution in [1.29, 1.82) is 0 Å². The minimum absolute atomic E-state index is 0.0162. The molecular weight excluding hydrogens is 356 g/mol. The average molecular weight is 380 g/mol. The lowest BCUT2D eigenvalue weighted by atomic mass is 10.1. The summed E-state index contributed by atoms with van der Waals surface area (Å²) in [4.78, 5) is 37.1. The Morgan fingerprint density at radius 3 is 2.36 bits per heavy atom. The van der Waals surface area contributed by atoms with Gasteiger partial charge in [-0.1, -0.05) is 12.1 Å². The molecule has 1 aliphatic heterocycles. The summed E-state index contributed by atoms with van der Waals surface area (Å²) in [6, 6.07) is 14.3. The van der Waals surface area contributed by atoms with Crippen LogP contribution < -0.4 is 15.0 Å². The molecule has 6 nitrogen and oxygen atoms in total. The van der Waals surface area contributed by atoms with Crippen molar-refractivity contribution in [3.8, 4) is 5.75 Å². The van der Waals surface area contributed by atoms with E-state index < -0.39 is 6.10 Å². The molecule has 1 fully saturated rings. The van der Waals surface area contributed by atoms with Gasteiger partial charge >= 0.3 is 0 Å². The molecule has 0 bridgehead atoms. The number of nitrogens with zero attached hydrogens (tertiary/aromatic N) is 1. The molecule has 3 rings (SSSR count). The van der Waals surface area contributed by atoms with Crippen molar-refractivity contribution in [2.24, 2.45) is 0 Å². The van der Waals surface area contributed by atoms with E-state index in [-0.39, 0.29) is 17.6 Å². The van der Waals surface area contributed by atoms with Gasteiger partial charge in [0.15, 0.2) is 11.9 Å². The van der Waals surface area contributed by atoms with E-state index in [1.165, 1.54) is 6.92 Å². The van der Waals surface area contributed by atoms with E-state index in [0.717, 1.165) is 24.2 Å². The second kappa shape index (κ2) is 8.69. The Morgan fingerprint density at radius 2 is 1.79 bits per heavy atom. The van der Waals surface area contributed by atoms with Crippen molar-refractivity contribution >= 4 is 23.3 Å². The number of carbonyl (C=O) groups excluding carboxylic acids is 3. The first-order chi connectivity index (χ1) is 13.4. The zero-order valence-corrected chi connectivity index (χ0v) is 16.1. The lowest BCUT2D eigenvalue weighted by Crippen LogP contribution is -2.35.